The quantitative estimate of drug-likeness (QED) is 0.228. The summed E-state index contributed by atoms with van der Waals surface area (Å²) in [5.74, 6) is 2.04. The van der Waals surface area contributed by atoms with Crippen molar-refractivity contribution < 1.29 is 9.47 Å². The van der Waals surface area contributed by atoms with Gasteiger partial charge in [0.25, 0.3) is 0 Å². The van der Waals surface area contributed by atoms with Crippen molar-refractivity contribution in [3.05, 3.63) is 90.8 Å². The van der Waals surface area contributed by atoms with Crippen molar-refractivity contribution in [2.45, 2.75) is 6.54 Å². The highest BCUT2D eigenvalue weighted by molar-refractivity contribution is 5.80. The highest BCUT2D eigenvalue weighted by Crippen LogP contribution is 2.37. The average molecular weight is 577 g/mol. The molecule has 6 rings (SSSR count). The van der Waals surface area contributed by atoms with E-state index in [1.165, 1.54) is 0 Å². The predicted molar refractivity (Wildman–Crippen MR) is 171 cm³/mol. The Kier molecular flexibility index (Phi) is 8.21. The molecule has 0 aliphatic carbocycles. The lowest BCUT2D eigenvalue weighted by Gasteiger charge is -2.30. The van der Waals surface area contributed by atoms with Gasteiger partial charge in [-0.1, -0.05) is 30.3 Å². The van der Waals surface area contributed by atoms with Gasteiger partial charge in [-0.3, -0.25) is 0 Å². The zero-order chi connectivity index (χ0) is 29.8. The topological polar surface area (TPSA) is 107 Å². The van der Waals surface area contributed by atoms with Crippen LogP contribution in [0.25, 0.3) is 28.5 Å². The van der Waals surface area contributed by atoms with Crippen LogP contribution >= 0.6 is 0 Å². The lowest BCUT2D eigenvalue weighted by Crippen LogP contribution is -2.36. The van der Waals surface area contributed by atoms with Gasteiger partial charge >= 0.3 is 0 Å². The second-order valence-corrected chi connectivity index (χ2v) is 10.7. The number of nitrogens with one attached hydrogen (secondary N) is 1. The fraction of sp³-hybridized carbons (Fsp3) is 0.242. The van der Waals surface area contributed by atoms with Crippen LogP contribution in [0.5, 0.6) is 5.75 Å². The van der Waals surface area contributed by atoms with Gasteiger partial charge < -0.3 is 30.3 Å². The van der Waals surface area contributed by atoms with Crippen LogP contribution in [-0.4, -0.2) is 72.2 Å². The first-order valence-corrected chi connectivity index (χ1v) is 14.3. The Hall–Kier alpha value is -4.93. The van der Waals surface area contributed by atoms with Crippen molar-refractivity contribution in [1.82, 2.24) is 24.6 Å². The summed E-state index contributed by atoms with van der Waals surface area (Å²) >= 11 is 0. The van der Waals surface area contributed by atoms with Crippen LogP contribution in [0, 0.1) is 0 Å². The van der Waals surface area contributed by atoms with Crippen LogP contribution in [0.1, 0.15) is 5.56 Å². The molecule has 10 nitrogen and oxygen atoms in total. The Bertz CT molecular complexity index is 1680. The van der Waals surface area contributed by atoms with Crippen LogP contribution in [0.3, 0.4) is 0 Å². The Labute approximate surface area is 251 Å². The standard InChI is InChI=1S/C33H36N8O2/c1-39(2)21-25-22-41(38-32(25)23-7-5-4-6-8-23)31-13-14-35-33(37-31)24-9-11-26(12-10-24)36-28-19-27(34)29(20-30(28)42-3)40-15-17-43-18-16-40/h4-14,19-20,22,36H,15-18,21,34H2,1-3H3. The van der Waals surface area contributed by atoms with Crippen LogP contribution in [0.4, 0.5) is 22.7 Å². The Morgan fingerprint density at radius 3 is 2.47 bits per heavy atom. The van der Waals surface area contributed by atoms with Gasteiger partial charge in [0.1, 0.15) is 5.75 Å². The van der Waals surface area contributed by atoms with E-state index in [1.54, 1.807) is 13.3 Å². The largest absolute Gasteiger partial charge is 0.494 e. The van der Waals surface area contributed by atoms with Crippen molar-refractivity contribution in [2.24, 2.45) is 0 Å². The van der Waals surface area contributed by atoms with Crippen LogP contribution < -0.4 is 20.7 Å². The molecule has 0 radical (unpaired) electrons. The van der Waals surface area contributed by atoms with Gasteiger partial charge in [-0.15, -0.1) is 0 Å². The molecule has 0 amide bonds. The number of morpholine rings is 1. The van der Waals surface area contributed by atoms with E-state index >= 15 is 0 Å². The maximum absolute atomic E-state index is 6.46. The monoisotopic (exact) mass is 576 g/mol. The summed E-state index contributed by atoms with van der Waals surface area (Å²) in [6, 6.07) is 24.0. The summed E-state index contributed by atoms with van der Waals surface area (Å²) in [5, 5.41) is 8.36. The molecule has 220 valence electrons. The molecular weight excluding hydrogens is 540 g/mol. The van der Waals surface area contributed by atoms with Crippen molar-refractivity contribution in [3.63, 3.8) is 0 Å². The number of aromatic nitrogens is 4. The normalized spacial score (nSPS) is 13.3. The molecule has 0 atom stereocenters. The number of nitrogen functional groups attached to an aromatic ring is 1. The van der Waals surface area contributed by atoms with Crippen molar-refractivity contribution in [1.29, 1.82) is 0 Å². The Balaban J connectivity index is 1.23. The highest BCUT2D eigenvalue weighted by Gasteiger charge is 2.18. The minimum absolute atomic E-state index is 0.617. The van der Waals surface area contributed by atoms with Crippen molar-refractivity contribution in [3.8, 4) is 34.2 Å². The number of nitrogens with zero attached hydrogens (tertiary/aromatic N) is 6. The number of ether oxygens (including phenoxy) is 2. The summed E-state index contributed by atoms with van der Waals surface area (Å²) in [6.07, 6.45) is 3.81. The fourth-order valence-corrected chi connectivity index (χ4v) is 5.23. The molecular formula is C33H36N8O2. The van der Waals surface area contributed by atoms with Crippen molar-refractivity contribution in [2.75, 3.05) is 63.5 Å². The predicted octanol–water partition coefficient (Wildman–Crippen LogP) is 5.23. The minimum Gasteiger partial charge on any atom is -0.494 e. The number of benzene rings is 3. The van der Waals surface area contributed by atoms with Gasteiger partial charge in [0.15, 0.2) is 11.6 Å². The molecule has 5 aromatic rings. The molecule has 1 aliphatic heterocycles. The van der Waals surface area contributed by atoms with E-state index in [0.29, 0.717) is 30.5 Å². The zero-order valence-corrected chi connectivity index (χ0v) is 24.7. The fourth-order valence-electron chi connectivity index (χ4n) is 5.23. The van der Waals surface area contributed by atoms with E-state index in [4.69, 9.17) is 25.3 Å². The smallest absolute Gasteiger partial charge is 0.161 e. The molecule has 0 spiro atoms. The summed E-state index contributed by atoms with van der Waals surface area (Å²) in [4.78, 5) is 13.8. The van der Waals surface area contributed by atoms with Gasteiger partial charge in [-0.25, -0.2) is 14.6 Å². The van der Waals surface area contributed by atoms with E-state index in [2.05, 4.69) is 46.3 Å². The molecule has 1 saturated heterocycles. The summed E-state index contributed by atoms with van der Waals surface area (Å²) in [7, 11) is 5.77. The third kappa shape index (κ3) is 6.30. The SMILES string of the molecule is COc1cc(N2CCOCC2)c(N)cc1Nc1ccc(-c2nccc(-n3cc(CN(C)C)c(-c4ccccc4)n3)n2)cc1. The minimum atomic E-state index is 0.617. The molecule has 0 unspecified atom stereocenters. The lowest BCUT2D eigenvalue weighted by molar-refractivity contribution is 0.123. The van der Waals surface area contributed by atoms with E-state index in [0.717, 1.165) is 64.8 Å². The second kappa shape index (κ2) is 12.5. The summed E-state index contributed by atoms with van der Waals surface area (Å²) < 4.78 is 13.0. The van der Waals surface area contributed by atoms with Gasteiger partial charge in [0, 0.05) is 66.5 Å². The molecule has 1 fully saturated rings. The van der Waals surface area contributed by atoms with Crippen molar-refractivity contribution >= 4 is 22.7 Å². The third-order valence-corrected chi connectivity index (χ3v) is 7.32. The Morgan fingerprint density at radius 1 is 0.977 bits per heavy atom. The van der Waals surface area contributed by atoms with Crippen LogP contribution in [-0.2, 0) is 11.3 Å². The molecule has 0 bridgehead atoms. The van der Waals surface area contributed by atoms with Crippen LogP contribution in [0.15, 0.2) is 85.2 Å². The second-order valence-electron chi connectivity index (χ2n) is 10.7. The van der Waals surface area contributed by atoms with E-state index in [1.807, 2.05) is 71.5 Å². The Morgan fingerprint density at radius 2 is 1.74 bits per heavy atom. The molecule has 3 N–H and O–H groups in total. The highest BCUT2D eigenvalue weighted by atomic mass is 16.5. The molecule has 3 heterocycles. The maximum atomic E-state index is 6.46. The third-order valence-electron chi connectivity index (χ3n) is 7.32. The van der Waals surface area contributed by atoms with Crippen LogP contribution in [0.2, 0.25) is 0 Å². The van der Waals surface area contributed by atoms with E-state index < -0.39 is 0 Å². The first kappa shape index (κ1) is 28.2. The average Bonchev–Trinajstić information content (AvgIpc) is 3.45. The molecule has 2 aromatic heterocycles. The lowest BCUT2D eigenvalue weighted by atomic mass is 10.1. The van der Waals surface area contributed by atoms with E-state index in [9.17, 15) is 0 Å². The number of methoxy groups -OCH3 is 1. The van der Waals surface area contributed by atoms with Gasteiger partial charge in [-0.2, -0.15) is 5.10 Å². The van der Waals surface area contributed by atoms with E-state index in [-0.39, 0.29) is 0 Å². The molecule has 10 heteroatoms. The molecule has 3 aromatic carbocycles. The zero-order valence-electron chi connectivity index (χ0n) is 24.7. The van der Waals surface area contributed by atoms with Gasteiger partial charge in [0.2, 0.25) is 0 Å². The van der Waals surface area contributed by atoms with Gasteiger partial charge in [0.05, 0.1) is 43.1 Å². The number of rotatable bonds is 9. The molecule has 43 heavy (non-hydrogen) atoms. The number of nitrogens with two attached hydrogens (primary N) is 1. The number of hydrogen-bond donors (Lipinski definition) is 2. The number of hydrogen-bond acceptors (Lipinski definition) is 9. The summed E-state index contributed by atoms with van der Waals surface area (Å²) in [5.41, 5.74) is 13.8. The summed E-state index contributed by atoms with van der Waals surface area (Å²) in [6.45, 7) is 3.75. The maximum Gasteiger partial charge on any atom is 0.161 e. The first-order valence-electron chi connectivity index (χ1n) is 14.3. The molecule has 0 saturated carbocycles. The van der Waals surface area contributed by atoms with Gasteiger partial charge in [-0.05, 0) is 44.4 Å². The first-order chi connectivity index (χ1) is 21.0. The molecule has 1 aliphatic rings. The number of anilines is 4.